The maximum absolute atomic E-state index is 12.8. The van der Waals surface area contributed by atoms with E-state index in [1.165, 1.54) is 26.4 Å². The van der Waals surface area contributed by atoms with Crippen molar-refractivity contribution in [2.75, 3.05) is 20.8 Å². The first kappa shape index (κ1) is 22.0. The van der Waals surface area contributed by atoms with Gasteiger partial charge in [0.15, 0.2) is 5.76 Å². The molecule has 0 atom stereocenters. The minimum absolute atomic E-state index is 0.159. The molecular weight excluding hydrogens is 424 g/mol. The summed E-state index contributed by atoms with van der Waals surface area (Å²) in [4.78, 5) is 25.6. The van der Waals surface area contributed by atoms with Crippen LogP contribution in [0.4, 0.5) is 0 Å². The third kappa shape index (κ3) is 4.39. The van der Waals surface area contributed by atoms with Crippen LogP contribution in [0.15, 0.2) is 66.4 Å². The van der Waals surface area contributed by atoms with Crippen LogP contribution in [-0.2, 0) is 0 Å². The maximum Gasteiger partial charge on any atom is 0.351 e. The number of esters is 1. The fourth-order valence-electron chi connectivity index (χ4n) is 3.47. The summed E-state index contributed by atoms with van der Waals surface area (Å²) in [6, 6.07) is 17.0. The number of hydrogen-bond acceptors (Lipinski definition) is 7. The number of Topliss-reactive ketones (excluding diaryl/α,β-unsaturated/α-hetero) is 1. The van der Waals surface area contributed by atoms with E-state index in [2.05, 4.69) is 0 Å². The third-order valence-electron chi connectivity index (χ3n) is 4.99. The van der Waals surface area contributed by atoms with Gasteiger partial charge in [-0.3, -0.25) is 4.79 Å². The summed E-state index contributed by atoms with van der Waals surface area (Å²) >= 11 is 0. The van der Waals surface area contributed by atoms with Crippen molar-refractivity contribution in [3.63, 3.8) is 0 Å². The molecule has 3 aromatic carbocycles. The van der Waals surface area contributed by atoms with Crippen LogP contribution in [0, 0.1) is 0 Å². The molecule has 0 amide bonds. The zero-order valence-electron chi connectivity index (χ0n) is 18.4. The number of para-hydroxylation sites is 1. The van der Waals surface area contributed by atoms with Crippen molar-refractivity contribution in [1.29, 1.82) is 0 Å². The van der Waals surface area contributed by atoms with Crippen LogP contribution < -0.4 is 23.7 Å². The summed E-state index contributed by atoms with van der Waals surface area (Å²) in [7, 11) is 2.91. The lowest BCUT2D eigenvalue weighted by Crippen LogP contribution is -2.12. The fourth-order valence-corrected chi connectivity index (χ4v) is 3.47. The van der Waals surface area contributed by atoms with Crippen LogP contribution in [-0.4, -0.2) is 32.6 Å². The first-order valence-electron chi connectivity index (χ1n) is 10.3. The average Bonchev–Trinajstić information content (AvgIpc) is 3.14. The van der Waals surface area contributed by atoms with E-state index in [0.29, 0.717) is 35.2 Å². The molecule has 0 spiro atoms. The van der Waals surface area contributed by atoms with E-state index in [1.807, 2.05) is 31.2 Å². The topological polar surface area (TPSA) is 80.3 Å². The standard InChI is InChI=1S/C26H22O7/c1-4-31-19-9-6-5-8-16(19)14-23-25(27)18-13-12-17(15-22(18)33-23)32-26(28)24-20(29-2)10-7-11-21(24)30-3/h5-15H,4H2,1-3H3. The molecule has 0 saturated heterocycles. The Hall–Kier alpha value is -4.26. The molecule has 0 bridgehead atoms. The van der Waals surface area contributed by atoms with Gasteiger partial charge in [0.05, 0.1) is 26.4 Å². The predicted octanol–water partition coefficient (Wildman–Crippen LogP) is 4.94. The Kier molecular flexibility index (Phi) is 6.31. The second kappa shape index (κ2) is 9.48. The highest BCUT2D eigenvalue weighted by molar-refractivity contribution is 6.14. The van der Waals surface area contributed by atoms with Gasteiger partial charge in [0.2, 0.25) is 5.78 Å². The van der Waals surface area contributed by atoms with Crippen LogP contribution >= 0.6 is 0 Å². The Morgan fingerprint density at radius 2 is 1.64 bits per heavy atom. The number of carbonyl (C=O) groups is 2. The Labute approximate surface area is 191 Å². The van der Waals surface area contributed by atoms with Gasteiger partial charge in [0, 0.05) is 11.6 Å². The number of benzene rings is 3. The van der Waals surface area contributed by atoms with Gasteiger partial charge in [-0.2, -0.15) is 0 Å². The number of rotatable bonds is 7. The van der Waals surface area contributed by atoms with Crippen molar-refractivity contribution in [3.8, 4) is 28.7 Å². The molecule has 7 nitrogen and oxygen atoms in total. The van der Waals surface area contributed by atoms with Crippen molar-refractivity contribution >= 4 is 17.8 Å². The number of fused-ring (bicyclic) bond motifs is 1. The molecule has 0 aromatic heterocycles. The summed E-state index contributed by atoms with van der Waals surface area (Å²) < 4.78 is 27.5. The molecule has 0 radical (unpaired) electrons. The van der Waals surface area contributed by atoms with Gasteiger partial charge in [-0.1, -0.05) is 24.3 Å². The number of ketones is 1. The van der Waals surface area contributed by atoms with E-state index in [0.717, 1.165) is 5.56 Å². The van der Waals surface area contributed by atoms with Gasteiger partial charge in [0.25, 0.3) is 0 Å². The molecule has 0 N–H and O–H groups in total. The Morgan fingerprint density at radius 3 is 2.33 bits per heavy atom. The smallest absolute Gasteiger partial charge is 0.351 e. The van der Waals surface area contributed by atoms with E-state index in [-0.39, 0.29) is 22.9 Å². The third-order valence-corrected chi connectivity index (χ3v) is 4.99. The molecule has 168 valence electrons. The molecule has 33 heavy (non-hydrogen) atoms. The van der Waals surface area contributed by atoms with Crippen molar-refractivity contribution in [3.05, 3.63) is 83.1 Å². The molecule has 0 fully saturated rings. The molecular formula is C26H22O7. The largest absolute Gasteiger partial charge is 0.496 e. The molecule has 1 aliphatic heterocycles. The van der Waals surface area contributed by atoms with Gasteiger partial charge in [-0.25, -0.2) is 4.79 Å². The molecule has 3 aromatic rings. The second-order valence-electron chi connectivity index (χ2n) is 7.00. The molecule has 0 aliphatic carbocycles. The average molecular weight is 446 g/mol. The maximum atomic E-state index is 12.8. The Bertz CT molecular complexity index is 1220. The van der Waals surface area contributed by atoms with Crippen molar-refractivity contribution < 1.29 is 33.3 Å². The number of hydrogen-bond donors (Lipinski definition) is 0. The molecule has 1 heterocycles. The zero-order chi connectivity index (χ0) is 23.4. The van der Waals surface area contributed by atoms with Gasteiger partial charge in [-0.15, -0.1) is 0 Å². The molecule has 0 saturated carbocycles. The second-order valence-corrected chi connectivity index (χ2v) is 7.00. The highest BCUT2D eigenvalue weighted by Gasteiger charge is 2.29. The summed E-state index contributed by atoms with van der Waals surface area (Å²) in [6.45, 7) is 2.39. The summed E-state index contributed by atoms with van der Waals surface area (Å²) in [5, 5.41) is 0. The SMILES string of the molecule is CCOc1ccccc1C=C1Oc2cc(OC(=O)c3c(OC)cccc3OC)ccc2C1=O. The van der Waals surface area contributed by atoms with Crippen molar-refractivity contribution in [2.24, 2.45) is 0 Å². The van der Waals surface area contributed by atoms with E-state index in [9.17, 15) is 9.59 Å². The van der Waals surface area contributed by atoms with Gasteiger partial charge in [0.1, 0.15) is 34.3 Å². The molecule has 7 heteroatoms. The van der Waals surface area contributed by atoms with Crippen molar-refractivity contribution in [1.82, 2.24) is 0 Å². The summed E-state index contributed by atoms with van der Waals surface area (Å²) in [5.74, 6) is 1.06. The zero-order valence-corrected chi connectivity index (χ0v) is 18.4. The van der Waals surface area contributed by atoms with E-state index < -0.39 is 5.97 Å². The minimum Gasteiger partial charge on any atom is -0.496 e. The lowest BCUT2D eigenvalue weighted by Gasteiger charge is -2.12. The van der Waals surface area contributed by atoms with E-state index in [1.54, 1.807) is 30.3 Å². The summed E-state index contributed by atoms with van der Waals surface area (Å²) in [5.41, 5.74) is 1.27. The lowest BCUT2D eigenvalue weighted by atomic mass is 10.1. The monoisotopic (exact) mass is 446 g/mol. The Morgan fingerprint density at radius 1 is 0.939 bits per heavy atom. The number of methoxy groups -OCH3 is 2. The van der Waals surface area contributed by atoms with Crippen LogP contribution in [0.2, 0.25) is 0 Å². The first-order valence-corrected chi connectivity index (χ1v) is 10.3. The number of ether oxygens (including phenoxy) is 5. The predicted molar refractivity (Wildman–Crippen MR) is 121 cm³/mol. The molecule has 1 aliphatic rings. The van der Waals surface area contributed by atoms with E-state index >= 15 is 0 Å². The van der Waals surface area contributed by atoms with Crippen molar-refractivity contribution in [2.45, 2.75) is 6.92 Å². The van der Waals surface area contributed by atoms with Crippen LogP contribution in [0.1, 0.15) is 33.2 Å². The Balaban J connectivity index is 1.59. The van der Waals surface area contributed by atoms with E-state index in [4.69, 9.17) is 23.7 Å². The fraction of sp³-hybridized carbons (Fsp3) is 0.154. The first-order chi connectivity index (χ1) is 16.0. The van der Waals surface area contributed by atoms with Gasteiger partial charge in [-0.05, 0) is 43.3 Å². The number of allylic oxidation sites excluding steroid dienone is 1. The van der Waals surface area contributed by atoms with Crippen LogP contribution in [0.5, 0.6) is 28.7 Å². The van der Waals surface area contributed by atoms with Crippen LogP contribution in [0.3, 0.4) is 0 Å². The molecule has 4 rings (SSSR count). The quantitative estimate of drug-likeness (QED) is 0.289. The number of carbonyl (C=O) groups excluding carboxylic acids is 2. The highest BCUT2D eigenvalue weighted by atomic mass is 16.5. The minimum atomic E-state index is -0.657. The van der Waals surface area contributed by atoms with Gasteiger partial charge >= 0.3 is 5.97 Å². The summed E-state index contributed by atoms with van der Waals surface area (Å²) in [6.07, 6.45) is 1.64. The van der Waals surface area contributed by atoms with Gasteiger partial charge < -0.3 is 23.7 Å². The lowest BCUT2D eigenvalue weighted by molar-refractivity contribution is 0.0727. The van der Waals surface area contributed by atoms with Crippen LogP contribution in [0.25, 0.3) is 6.08 Å². The normalized spacial score (nSPS) is 13.3. The molecule has 0 unspecified atom stereocenters. The highest BCUT2D eigenvalue weighted by Crippen LogP contribution is 2.37.